The van der Waals surface area contributed by atoms with Crippen LogP contribution in [0.1, 0.15) is 0 Å². The monoisotopic (exact) mass is 398 g/mol. The Hall–Kier alpha value is -3.13. The van der Waals surface area contributed by atoms with E-state index in [4.69, 9.17) is 21.7 Å². The second-order valence-electron chi connectivity index (χ2n) is 6.14. The number of hydrogen-bond acceptors (Lipinski definition) is 5. The summed E-state index contributed by atoms with van der Waals surface area (Å²) < 4.78 is 12.9. The fourth-order valence-corrected chi connectivity index (χ4v) is 2.82. The highest BCUT2D eigenvalue weighted by molar-refractivity contribution is 7.71. The minimum atomic E-state index is -0.0797. The average Bonchev–Trinajstić information content (AvgIpc) is 3.09. The molecule has 0 bridgehead atoms. The number of aromatic amines is 1. The van der Waals surface area contributed by atoms with Gasteiger partial charge in [0.05, 0.1) is 13.7 Å². The van der Waals surface area contributed by atoms with Crippen molar-refractivity contribution in [3.05, 3.63) is 59.4 Å². The van der Waals surface area contributed by atoms with Crippen LogP contribution in [0.15, 0.2) is 54.6 Å². The van der Waals surface area contributed by atoms with E-state index >= 15 is 0 Å². The van der Waals surface area contributed by atoms with Gasteiger partial charge in [0.2, 0.25) is 5.91 Å². The number of methoxy groups -OCH3 is 1. The number of para-hydroxylation sites is 1. The Morgan fingerprint density at radius 2 is 1.86 bits per heavy atom. The molecule has 7 nitrogen and oxygen atoms in total. The molecule has 8 heteroatoms. The number of H-pyrrole nitrogens is 1. The molecule has 0 fully saturated rings. The summed E-state index contributed by atoms with van der Waals surface area (Å²) in [6.45, 7) is 0.976. The average molecular weight is 398 g/mol. The standard InChI is InChI=1S/C20H22N4O3S/c1-23(12-13-27-17-6-4-3-5-7-17)18(25)14-24-19(21-22-20(24)28)15-8-10-16(26-2)11-9-15/h3-11H,12-14H2,1-2H3,(H,22,28). The van der Waals surface area contributed by atoms with Crippen molar-refractivity contribution in [2.75, 3.05) is 27.3 Å². The van der Waals surface area contributed by atoms with Crippen molar-refractivity contribution >= 4 is 18.1 Å². The fraction of sp³-hybridized carbons (Fsp3) is 0.250. The zero-order valence-corrected chi connectivity index (χ0v) is 16.6. The maximum Gasteiger partial charge on any atom is 0.242 e. The van der Waals surface area contributed by atoms with Gasteiger partial charge in [0.15, 0.2) is 10.6 Å². The summed E-state index contributed by atoms with van der Waals surface area (Å²) in [5.74, 6) is 2.06. The van der Waals surface area contributed by atoms with Gasteiger partial charge in [0, 0.05) is 12.6 Å². The molecule has 0 atom stereocenters. The third-order valence-electron chi connectivity index (χ3n) is 4.26. The molecule has 3 rings (SSSR count). The molecule has 146 valence electrons. The van der Waals surface area contributed by atoms with E-state index in [9.17, 15) is 4.79 Å². The molecule has 0 unspecified atom stereocenters. The number of rotatable bonds is 8. The van der Waals surface area contributed by atoms with Crippen LogP contribution in [0, 0.1) is 4.77 Å². The third-order valence-corrected chi connectivity index (χ3v) is 4.58. The lowest BCUT2D eigenvalue weighted by Gasteiger charge is -2.18. The SMILES string of the molecule is COc1ccc(-c2n[nH]c(=S)n2CC(=O)N(C)CCOc2ccccc2)cc1. The van der Waals surface area contributed by atoms with Crippen LogP contribution in [-0.4, -0.2) is 52.9 Å². The summed E-state index contributed by atoms with van der Waals surface area (Å²) in [5.41, 5.74) is 0.844. The van der Waals surface area contributed by atoms with Gasteiger partial charge in [-0.25, -0.2) is 0 Å². The van der Waals surface area contributed by atoms with Gasteiger partial charge in [-0.3, -0.25) is 14.5 Å². The number of carbonyl (C=O) groups excluding carboxylic acids is 1. The van der Waals surface area contributed by atoms with Crippen LogP contribution in [0.25, 0.3) is 11.4 Å². The highest BCUT2D eigenvalue weighted by atomic mass is 32.1. The molecule has 1 aromatic heterocycles. The maximum absolute atomic E-state index is 12.6. The number of amides is 1. The summed E-state index contributed by atoms with van der Waals surface area (Å²) >= 11 is 5.30. The fourth-order valence-electron chi connectivity index (χ4n) is 2.62. The van der Waals surface area contributed by atoms with E-state index in [1.807, 2.05) is 54.6 Å². The van der Waals surface area contributed by atoms with Crippen LogP contribution in [0.2, 0.25) is 0 Å². The first-order valence-corrected chi connectivity index (χ1v) is 9.20. The molecule has 0 spiro atoms. The Morgan fingerprint density at radius 3 is 2.54 bits per heavy atom. The van der Waals surface area contributed by atoms with Crippen LogP contribution >= 0.6 is 12.2 Å². The number of aromatic nitrogens is 3. The second kappa shape index (κ2) is 9.18. The van der Waals surface area contributed by atoms with E-state index < -0.39 is 0 Å². The lowest BCUT2D eigenvalue weighted by Crippen LogP contribution is -2.33. The zero-order valence-electron chi connectivity index (χ0n) is 15.8. The Balaban J connectivity index is 1.63. The summed E-state index contributed by atoms with van der Waals surface area (Å²) in [5, 5.41) is 7.03. The van der Waals surface area contributed by atoms with Gasteiger partial charge < -0.3 is 14.4 Å². The lowest BCUT2D eigenvalue weighted by molar-refractivity contribution is -0.130. The molecule has 0 saturated carbocycles. The van der Waals surface area contributed by atoms with Crippen molar-refractivity contribution in [3.63, 3.8) is 0 Å². The van der Waals surface area contributed by atoms with Gasteiger partial charge in [-0.15, -0.1) is 0 Å². The Kier molecular flexibility index (Phi) is 6.44. The van der Waals surface area contributed by atoms with Gasteiger partial charge in [-0.05, 0) is 48.6 Å². The smallest absolute Gasteiger partial charge is 0.242 e. The molecule has 1 amide bonds. The molecule has 0 aliphatic heterocycles. The van der Waals surface area contributed by atoms with Gasteiger partial charge in [0.25, 0.3) is 0 Å². The summed E-state index contributed by atoms with van der Waals surface area (Å²) in [6.07, 6.45) is 0. The van der Waals surface area contributed by atoms with Gasteiger partial charge in [-0.1, -0.05) is 18.2 Å². The quantitative estimate of drug-likeness (QED) is 0.590. The number of ether oxygens (including phenoxy) is 2. The van der Waals surface area contributed by atoms with E-state index in [2.05, 4.69) is 10.2 Å². The van der Waals surface area contributed by atoms with Crippen molar-refractivity contribution in [2.24, 2.45) is 0 Å². The molecule has 3 aromatic rings. The number of likely N-dealkylation sites (N-methyl/N-ethyl adjacent to an activating group) is 1. The van der Waals surface area contributed by atoms with Crippen LogP contribution in [0.3, 0.4) is 0 Å². The highest BCUT2D eigenvalue weighted by Crippen LogP contribution is 2.21. The maximum atomic E-state index is 12.6. The second-order valence-corrected chi connectivity index (χ2v) is 6.53. The molecular formula is C20H22N4O3S. The molecule has 0 radical (unpaired) electrons. The van der Waals surface area contributed by atoms with Crippen molar-refractivity contribution in [1.29, 1.82) is 0 Å². The van der Waals surface area contributed by atoms with E-state index in [-0.39, 0.29) is 12.5 Å². The number of carbonyl (C=O) groups is 1. The Morgan fingerprint density at radius 1 is 1.14 bits per heavy atom. The predicted molar refractivity (Wildman–Crippen MR) is 109 cm³/mol. The molecular weight excluding hydrogens is 376 g/mol. The van der Waals surface area contributed by atoms with Gasteiger partial charge in [-0.2, -0.15) is 5.10 Å². The summed E-state index contributed by atoms with van der Waals surface area (Å²) in [6, 6.07) is 16.9. The molecule has 0 aliphatic rings. The van der Waals surface area contributed by atoms with E-state index in [1.165, 1.54) is 0 Å². The molecule has 2 aromatic carbocycles. The van der Waals surface area contributed by atoms with Crippen LogP contribution in [0.4, 0.5) is 0 Å². The van der Waals surface area contributed by atoms with E-state index in [1.54, 1.807) is 23.6 Å². The molecule has 0 aliphatic carbocycles. The normalized spacial score (nSPS) is 10.5. The molecule has 1 heterocycles. The first kappa shape index (κ1) is 19.6. The number of benzene rings is 2. The van der Waals surface area contributed by atoms with E-state index in [0.717, 1.165) is 17.1 Å². The van der Waals surface area contributed by atoms with Crippen molar-refractivity contribution in [1.82, 2.24) is 19.7 Å². The minimum Gasteiger partial charge on any atom is -0.497 e. The Labute approximate surface area is 168 Å². The van der Waals surface area contributed by atoms with Gasteiger partial charge in [0.1, 0.15) is 24.7 Å². The number of nitrogens with one attached hydrogen (secondary N) is 1. The first-order valence-electron chi connectivity index (χ1n) is 8.80. The van der Waals surface area contributed by atoms with Crippen LogP contribution in [-0.2, 0) is 11.3 Å². The summed E-state index contributed by atoms with van der Waals surface area (Å²) in [7, 11) is 3.36. The lowest BCUT2D eigenvalue weighted by atomic mass is 10.2. The topological polar surface area (TPSA) is 72.4 Å². The van der Waals surface area contributed by atoms with Crippen LogP contribution < -0.4 is 9.47 Å². The zero-order chi connectivity index (χ0) is 19.9. The largest absolute Gasteiger partial charge is 0.497 e. The molecule has 1 N–H and O–H groups in total. The number of hydrogen-bond donors (Lipinski definition) is 1. The Bertz CT molecular complexity index is 967. The molecule has 0 saturated heterocycles. The van der Waals surface area contributed by atoms with E-state index in [0.29, 0.717) is 23.7 Å². The van der Waals surface area contributed by atoms with Crippen molar-refractivity contribution in [2.45, 2.75) is 6.54 Å². The van der Waals surface area contributed by atoms with Crippen molar-refractivity contribution in [3.8, 4) is 22.9 Å². The summed E-state index contributed by atoms with van der Waals surface area (Å²) in [4.78, 5) is 14.3. The van der Waals surface area contributed by atoms with Crippen molar-refractivity contribution < 1.29 is 14.3 Å². The molecule has 28 heavy (non-hydrogen) atoms. The number of nitrogens with zero attached hydrogens (tertiary/aromatic N) is 3. The first-order chi connectivity index (χ1) is 13.6. The van der Waals surface area contributed by atoms with Crippen LogP contribution in [0.5, 0.6) is 11.5 Å². The highest BCUT2D eigenvalue weighted by Gasteiger charge is 2.15. The third kappa shape index (κ3) is 4.77. The minimum absolute atomic E-state index is 0.0797. The predicted octanol–water partition coefficient (Wildman–Crippen LogP) is 3.15. The van der Waals surface area contributed by atoms with Gasteiger partial charge >= 0.3 is 0 Å².